The highest BCUT2D eigenvalue weighted by Crippen LogP contribution is 2.12. The van der Waals surface area contributed by atoms with Gasteiger partial charge in [0.2, 0.25) is 5.96 Å². The number of guanidine groups is 1. The lowest BCUT2D eigenvalue weighted by Crippen LogP contribution is -2.42. The Hall–Kier alpha value is -0.770. The molecule has 0 aliphatic rings. The Kier molecular flexibility index (Phi) is 4.66. The number of hydrogen-bond donors (Lipinski definition) is 3. The lowest BCUT2D eigenvalue weighted by molar-refractivity contribution is 0.428. The highest BCUT2D eigenvalue weighted by Gasteiger charge is 2.08. The summed E-state index contributed by atoms with van der Waals surface area (Å²) in [6, 6.07) is 0. The van der Waals surface area contributed by atoms with Crippen LogP contribution < -0.4 is 16.6 Å². The van der Waals surface area contributed by atoms with Gasteiger partial charge in [-0.2, -0.15) is 0 Å². The first-order chi connectivity index (χ1) is 5.49. The Morgan fingerprint density at radius 2 is 2.00 bits per heavy atom. The van der Waals surface area contributed by atoms with Crippen molar-refractivity contribution >= 4 is 5.96 Å². The first kappa shape index (κ1) is 11.2. The van der Waals surface area contributed by atoms with E-state index in [4.69, 9.17) is 5.84 Å². The van der Waals surface area contributed by atoms with E-state index in [9.17, 15) is 0 Å². The maximum atomic E-state index is 5.24. The van der Waals surface area contributed by atoms with E-state index in [0.717, 1.165) is 13.1 Å². The van der Waals surface area contributed by atoms with Crippen LogP contribution in [0.5, 0.6) is 0 Å². The summed E-state index contributed by atoms with van der Waals surface area (Å²) in [5.41, 5.74) is 2.72. The molecule has 0 atom stereocenters. The van der Waals surface area contributed by atoms with Crippen LogP contribution >= 0.6 is 0 Å². The molecule has 0 bridgehead atoms. The van der Waals surface area contributed by atoms with Crippen molar-refractivity contribution in [2.45, 2.75) is 27.7 Å². The van der Waals surface area contributed by atoms with Gasteiger partial charge < -0.3 is 5.32 Å². The van der Waals surface area contributed by atoms with Crippen LogP contribution in [0.1, 0.15) is 27.7 Å². The third kappa shape index (κ3) is 5.97. The SMILES string of the molecule is CCNC(=NCC(C)(C)C)NN. The quantitative estimate of drug-likeness (QED) is 0.245. The minimum atomic E-state index is 0.206. The lowest BCUT2D eigenvalue weighted by Gasteiger charge is -2.15. The van der Waals surface area contributed by atoms with Crippen molar-refractivity contribution in [1.29, 1.82) is 0 Å². The molecular weight excluding hydrogens is 152 g/mol. The van der Waals surface area contributed by atoms with Gasteiger partial charge in [0.15, 0.2) is 0 Å². The van der Waals surface area contributed by atoms with Gasteiger partial charge in [0.05, 0.1) is 0 Å². The number of hydrogen-bond acceptors (Lipinski definition) is 2. The van der Waals surface area contributed by atoms with Gasteiger partial charge in [-0.25, -0.2) is 5.84 Å². The molecule has 0 aliphatic carbocycles. The van der Waals surface area contributed by atoms with Crippen LogP contribution in [-0.4, -0.2) is 19.0 Å². The van der Waals surface area contributed by atoms with Gasteiger partial charge in [0, 0.05) is 13.1 Å². The van der Waals surface area contributed by atoms with Gasteiger partial charge in [0.1, 0.15) is 0 Å². The Balaban J connectivity index is 3.94. The summed E-state index contributed by atoms with van der Waals surface area (Å²) >= 11 is 0. The molecule has 0 saturated carbocycles. The molecule has 0 rings (SSSR count). The second-order valence-corrected chi connectivity index (χ2v) is 3.90. The summed E-state index contributed by atoms with van der Waals surface area (Å²) in [4.78, 5) is 4.27. The molecule has 4 heteroatoms. The van der Waals surface area contributed by atoms with E-state index in [0.29, 0.717) is 5.96 Å². The molecule has 0 amide bonds. The fourth-order valence-corrected chi connectivity index (χ4v) is 0.636. The molecule has 0 aliphatic heterocycles. The third-order valence-corrected chi connectivity index (χ3v) is 1.19. The van der Waals surface area contributed by atoms with Crippen molar-refractivity contribution in [3.05, 3.63) is 0 Å². The number of nitrogens with two attached hydrogens (primary N) is 1. The van der Waals surface area contributed by atoms with Crippen LogP contribution in [-0.2, 0) is 0 Å². The Morgan fingerprint density at radius 3 is 2.33 bits per heavy atom. The second kappa shape index (κ2) is 4.98. The monoisotopic (exact) mass is 172 g/mol. The molecule has 0 aromatic heterocycles. The van der Waals surface area contributed by atoms with Crippen molar-refractivity contribution < 1.29 is 0 Å². The first-order valence-corrected chi connectivity index (χ1v) is 4.24. The Labute approximate surface area is 74.6 Å². The summed E-state index contributed by atoms with van der Waals surface area (Å²) < 4.78 is 0. The molecule has 4 nitrogen and oxygen atoms in total. The topological polar surface area (TPSA) is 62.4 Å². The van der Waals surface area contributed by atoms with E-state index in [1.807, 2.05) is 6.92 Å². The van der Waals surface area contributed by atoms with E-state index in [2.05, 4.69) is 36.5 Å². The molecule has 0 fully saturated rings. The molecule has 0 aromatic rings. The minimum Gasteiger partial charge on any atom is -0.356 e. The van der Waals surface area contributed by atoms with E-state index in [1.165, 1.54) is 0 Å². The smallest absolute Gasteiger partial charge is 0.205 e. The summed E-state index contributed by atoms with van der Waals surface area (Å²) in [7, 11) is 0. The van der Waals surface area contributed by atoms with Gasteiger partial charge >= 0.3 is 0 Å². The van der Waals surface area contributed by atoms with Crippen LogP contribution in [0, 0.1) is 5.41 Å². The molecular formula is C8H20N4. The van der Waals surface area contributed by atoms with Crippen LogP contribution in [0.4, 0.5) is 0 Å². The molecule has 0 aromatic carbocycles. The number of nitrogens with zero attached hydrogens (tertiary/aromatic N) is 1. The standard InChI is InChI=1S/C8H20N4/c1-5-10-7(12-9)11-6-8(2,3)4/h5-6,9H2,1-4H3,(H2,10,11,12). The van der Waals surface area contributed by atoms with Crippen LogP contribution in [0.25, 0.3) is 0 Å². The zero-order chi connectivity index (χ0) is 9.61. The summed E-state index contributed by atoms with van der Waals surface area (Å²) in [5.74, 6) is 5.90. The lowest BCUT2D eigenvalue weighted by atomic mass is 9.97. The summed E-state index contributed by atoms with van der Waals surface area (Å²) in [6.07, 6.45) is 0. The van der Waals surface area contributed by atoms with Gasteiger partial charge in [-0.05, 0) is 12.3 Å². The minimum absolute atomic E-state index is 0.206. The summed E-state index contributed by atoms with van der Waals surface area (Å²) in [5, 5.41) is 3.02. The highest BCUT2D eigenvalue weighted by molar-refractivity contribution is 5.79. The maximum Gasteiger partial charge on any atom is 0.205 e. The van der Waals surface area contributed by atoms with Crippen LogP contribution in [0.15, 0.2) is 4.99 Å². The maximum absolute atomic E-state index is 5.24. The number of rotatable bonds is 2. The second-order valence-electron chi connectivity index (χ2n) is 3.90. The fraction of sp³-hybridized carbons (Fsp3) is 0.875. The average molecular weight is 172 g/mol. The van der Waals surface area contributed by atoms with Crippen molar-refractivity contribution in [3.63, 3.8) is 0 Å². The van der Waals surface area contributed by atoms with E-state index < -0.39 is 0 Å². The van der Waals surface area contributed by atoms with Gasteiger partial charge in [-0.15, -0.1) is 0 Å². The average Bonchev–Trinajstić information content (AvgIpc) is 1.96. The Bertz CT molecular complexity index is 146. The number of hydrazine groups is 1. The molecule has 0 spiro atoms. The number of nitrogens with one attached hydrogen (secondary N) is 2. The van der Waals surface area contributed by atoms with Crippen molar-refractivity contribution in [2.75, 3.05) is 13.1 Å². The normalized spacial score (nSPS) is 12.9. The van der Waals surface area contributed by atoms with Gasteiger partial charge in [-0.1, -0.05) is 20.8 Å². The van der Waals surface area contributed by atoms with Crippen molar-refractivity contribution in [3.8, 4) is 0 Å². The molecule has 0 radical (unpaired) electrons. The predicted octanol–water partition coefficient (Wildman–Crippen LogP) is 0.461. The van der Waals surface area contributed by atoms with Crippen LogP contribution in [0.2, 0.25) is 0 Å². The molecule has 4 N–H and O–H groups in total. The van der Waals surface area contributed by atoms with Gasteiger partial charge in [0.25, 0.3) is 0 Å². The van der Waals surface area contributed by atoms with E-state index in [-0.39, 0.29) is 5.41 Å². The zero-order valence-electron chi connectivity index (χ0n) is 8.44. The largest absolute Gasteiger partial charge is 0.356 e. The van der Waals surface area contributed by atoms with Crippen LogP contribution in [0.3, 0.4) is 0 Å². The molecule has 0 saturated heterocycles. The third-order valence-electron chi connectivity index (χ3n) is 1.19. The first-order valence-electron chi connectivity index (χ1n) is 4.24. The predicted molar refractivity (Wildman–Crippen MR) is 52.8 cm³/mol. The molecule has 72 valence electrons. The van der Waals surface area contributed by atoms with Crippen molar-refractivity contribution in [2.24, 2.45) is 16.3 Å². The van der Waals surface area contributed by atoms with E-state index in [1.54, 1.807) is 0 Å². The molecule has 12 heavy (non-hydrogen) atoms. The Morgan fingerprint density at radius 1 is 1.42 bits per heavy atom. The summed E-state index contributed by atoms with van der Waals surface area (Å²) in [6.45, 7) is 10.0. The van der Waals surface area contributed by atoms with E-state index >= 15 is 0 Å². The van der Waals surface area contributed by atoms with Crippen molar-refractivity contribution in [1.82, 2.24) is 10.7 Å². The molecule has 0 heterocycles. The highest BCUT2D eigenvalue weighted by atomic mass is 15.3. The zero-order valence-corrected chi connectivity index (χ0v) is 8.44. The fourth-order valence-electron chi connectivity index (χ4n) is 0.636. The number of aliphatic imine (C=N–C) groups is 1. The molecule has 0 unspecified atom stereocenters. The van der Waals surface area contributed by atoms with Gasteiger partial charge in [-0.3, -0.25) is 10.4 Å².